The first-order chi connectivity index (χ1) is 14.1. The zero-order chi connectivity index (χ0) is 22.4. The van der Waals surface area contributed by atoms with Gasteiger partial charge in [-0.05, 0) is 24.1 Å². The van der Waals surface area contributed by atoms with E-state index in [1.54, 1.807) is 19.1 Å². The molecule has 0 bridgehead atoms. The molecule has 0 spiro atoms. The van der Waals surface area contributed by atoms with Crippen molar-refractivity contribution in [2.75, 3.05) is 36.4 Å². The number of anilines is 2. The average molecular weight is 439 g/mol. The number of halogens is 1. The number of carbonyl (C=O) groups excluding carboxylic acids is 2. The smallest absolute Gasteiger partial charge is 0.326 e. The average Bonchev–Trinajstić information content (AvgIpc) is 2.71. The number of urea groups is 1. The molecule has 9 heteroatoms. The lowest BCUT2D eigenvalue weighted by molar-refractivity contribution is -0.140. The van der Waals surface area contributed by atoms with Crippen molar-refractivity contribution in [3.63, 3.8) is 0 Å². The Bertz CT molecular complexity index is 778. The quantitative estimate of drug-likeness (QED) is 0.606. The molecule has 1 heterocycles. The molecule has 2 rings (SSSR count). The number of carboxylic acids is 1. The molecule has 3 N–H and O–H groups in total. The van der Waals surface area contributed by atoms with Crippen molar-refractivity contribution >= 4 is 40.9 Å². The van der Waals surface area contributed by atoms with Gasteiger partial charge in [0, 0.05) is 37.8 Å². The standard InChI is InChI=1S/C21H31ClN4O4/c1-5-14(4)18(20(28)29)24-21(30)23-15-6-7-17(16(22)12-15)25-8-10-26(11-9-25)19(27)13(2)3/h6-7,12-14,18H,5,8-11H2,1-4H3,(H,28,29)(H2,23,24,30). The van der Waals surface area contributed by atoms with Gasteiger partial charge in [-0.2, -0.15) is 0 Å². The number of hydrogen-bond acceptors (Lipinski definition) is 4. The largest absolute Gasteiger partial charge is 0.480 e. The van der Waals surface area contributed by atoms with Gasteiger partial charge < -0.3 is 25.5 Å². The van der Waals surface area contributed by atoms with Crippen molar-refractivity contribution in [3.05, 3.63) is 23.2 Å². The first-order valence-corrected chi connectivity index (χ1v) is 10.6. The van der Waals surface area contributed by atoms with Gasteiger partial charge in [-0.1, -0.05) is 45.7 Å². The summed E-state index contributed by atoms with van der Waals surface area (Å²) in [5, 5.41) is 14.9. The normalized spacial score (nSPS) is 16.2. The van der Waals surface area contributed by atoms with Crippen LogP contribution in [-0.4, -0.2) is 60.1 Å². The van der Waals surface area contributed by atoms with E-state index in [4.69, 9.17) is 11.6 Å². The molecular weight excluding hydrogens is 408 g/mol. The van der Waals surface area contributed by atoms with E-state index in [1.165, 1.54) is 0 Å². The van der Waals surface area contributed by atoms with Crippen LogP contribution in [0.3, 0.4) is 0 Å². The highest BCUT2D eigenvalue weighted by Gasteiger charge is 2.26. The van der Waals surface area contributed by atoms with Gasteiger partial charge >= 0.3 is 12.0 Å². The van der Waals surface area contributed by atoms with E-state index in [-0.39, 0.29) is 17.7 Å². The summed E-state index contributed by atoms with van der Waals surface area (Å²) in [4.78, 5) is 39.7. The van der Waals surface area contributed by atoms with Gasteiger partial charge in [0.2, 0.25) is 5.91 Å². The summed E-state index contributed by atoms with van der Waals surface area (Å²) in [7, 11) is 0. The number of aliphatic carboxylic acids is 1. The van der Waals surface area contributed by atoms with Crippen molar-refractivity contribution in [2.45, 2.75) is 40.2 Å². The fourth-order valence-corrected chi connectivity index (χ4v) is 3.67. The van der Waals surface area contributed by atoms with Gasteiger partial charge in [0.05, 0.1) is 10.7 Å². The number of benzene rings is 1. The van der Waals surface area contributed by atoms with Gasteiger partial charge in [0.15, 0.2) is 0 Å². The second-order valence-electron chi connectivity index (χ2n) is 7.93. The molecule has 0 aromatic heterocycles. The third-order valence-corrected chi connectivity index (χ3v) is 5.70. The fraction of sp³-hybridized carbons (Fsp3) is 0.571. The molecular formula is C21H31ClN4O4. The predicted molar refractivity (Wildman–Crippen MR) is 118 cm³/mol. The molecule has 1 aliphatic rings. The number of amides is 3. The van der Waals surface area contributed by atoms with Crippen LogP contribution in [0.25, 0.3) is 0 Å². The Kier molecular flexibility index (Phi) is 8.34. The summed E-state index contributed by atoms with van der Waals surface area (Å²) in [5.74, 6) is -1.12. The molecule has 1 aromatic carbocycles. The summed E-state index contributed by atoms with van der Waals surface area (Å²) >= 11 is 6.44. The Hall–Kier alpha value is -2.48. The van der Waals surface area contributed by atoms with E-state index in [0.29, 0.717) is 43.3 Å². The number of rotatable bonds is 7. The van der Waals surface area contributed by atoms with Gasteiger partial charge in [-0.3, -0.25) is 4.79 Å². The highest BCUT2D eigenvalue weighted by Crippen LogP contribution is 2.30. The number of hydrogen-bond donors (Lipinski definition) is 3. The fourth-order valence-electron chi connectivity index (χ4n) is 3.37. The van der Waals surface area contributed by atoms with Gasteiger partial charge in [-0.25, -0.2) is 9.59 Å². The van der Waals surface area contributed by atoms with Crippen molar-refractivity contribution in [1.29, 1.82) is 0 Å². The number of carboxylic acid groups (broad SMARTS) is 1. The highest BCUT2D eigenvalue weighted by molar-refractivity contribution is 6.33. The van der Waals surface area contributed by atoms with Crippen molar-refractivity contribution in [2.24, 2.45) is 11.8 Å². The van der Waals surface area contributed by atoms with Crippen LogP contribution in [0.2, 0.25) is 5.02 Å². The molecule has 0 aliphatic carbocycles. The SMILES string of the molecule is CCC(C)C(NC(=O)Nc1ccc(N2CCN(C(=O)C(C)C)CC2)c(Cl)c1)C(=O)O. The van der Waals surface area contributed by atoms with Crippen LogP contribution >= 0.6 is 11.6 Å². The van der Waals surface area contributed by atoms with Crippen LogP contribution in [0.5, 0.6) is 0 Å². The molecule has 0 radical (unpaired) electrons. The lowest BCUT2D eigenvalue weighted by Gasteiger charge is -2.37. The third kappa shape index (κ3) is 6.01. The molecule has 1 fully saturated rings. The maximum absolute atomic E-state index is 12.2. The van der Waals surface area contributed by atoms with Gasteiger partial charge in [-0.15, -0.1) is 0 Å². The number of carbonyl (C=O) groups is 3. The third-order valence-electron chi connectivity index (χ3n) is 5.40. The molecule has 1 aliphatic heterocycles. The summed E-state index contributed by atoms with van der Waals surface area (Å²) in [6.07, 6.45) is 0.633. The van der Waals surface area contributed by atoms with Gasteiger partial charge in [0.25, 0.3) is 0 Å². The first-order valence-electron chi connectivity index (χ1n) is 10.3. The van der Waals surface area contributed by atoms with Crippen molar-refractivity contribution < 1.29 is 19.5 Å². The molecule has 30 heavy (non-hydrogen) atoms. The van der Waals surface area contributed by atoms with E-state index in [9.17, 15) is 19.5 Å². The van der Waals surface area contributed by atoms with Crippen LogP contribution < -0.4 is 15.5 Å². The lowest BCUT2D eigenvalue weighted by Crippen LogP contribution is -2.50. The number of piperazine rings is 1. The van der Waals surface area contributed by atoms with Crippen LogP contribution in [0, 0.1) is 11.8 Å². The van der Waals surface area contributed by atoms with E-state index in [0.717, 1.165) is 5.69 Å². The minimum absolute atomic E-state index is 0.0160. The Balaban J connectivity index is 1.98. The van der Waals surface area contributed by atoms with E-state index >= 15 is 0 Å². The Morgan fingerprint density at radius 2 is 1.77 bits per heavy atom. The maximum Gasteiger partial charge on any atom is 0.326 e. The lowest BCUT2D eigenvalue weighted by atomic mass is 9.99. The first kappa shape index (κ1) is 23.8. The summed E-state index contributed by atoms with van der Waals surface area (Å²) in [5.41, 5.74) is 1.31. The maximum atomic E-state index is 12.2. The second kappa shape index (κ2) is 10.5. The Labute approximate surface area is 182 Å². The molecule has 3 amide bonds. The number of nitrogens with one attached hydrogen (secondary N) is 2. The van der Waals surface area contributed by atoms with E-state index < -0.39 is 18.0 Å². The van der Waals surface area contributed by atoms with Crippen LogP contribution in [0.1, 0.15) is 34.1 Å². The Morgan fingerprint density at radius 3 is 2.27 bits per heavy atom. The Morgan fingerprint density at radius 1 is 1.13 bits per heavy atom. The molecule has 1 aromatic rings. The molecule has 8 nitrogen and oxygen atoms in total. The summed E-state index contributed by atoms with van der Waals surface area (Å²) in [6, 6.07) is 3.63. The van der Waals surface area contributed by atoms with Crippen molar-refractivity contribution in [3.8, 4) is 0 Å². The second-order valence-corrected chi connectivity index (χ2v) is 8.34. The van der Waals surface area contributed by atoms with Crippen LogP contribution in [-0.2, 0) is 9.59 Å². The topological polar surface area (TPSA) is 102 Å². The summed E-state index contributed by atoms with van der Waals surface area (Å²) in [6.45, 7) is 10.1. The monoisotopic (exact) mass is 438 g/mol. The summed E-state index contributed by atoms with van der Waals surface area (Å²) < 4.78 is 0. The highest BCUT2D eigenvalue weighted by atomic mass is 35.5. The predicted octanol–water partition coefficient (Wildman–Crippen LogP) is 3.27. The molecule has 1 saturated heterocycles. The van der Waals surface area contributed by atoms with E-state index in [1.807, 2.05) is 31.7 Å². The van der Waals surface area contributed by atoms with Crippen LogP contribution in [0.15, 0.2) is 18.2 Å². The molecule has 0 saturated carbocycles. The zero-order valence-corrected chi connectivity index (χ0v) is 18.7. The molecule has 2 unspecified atom stereocenters. The minimum Gasteiger partial charge on any atom is -0.480 e. The zero-order valence-electron chi connectivity index (χ0n) is 17.9. The van der Waals surface area contributed by atoms with Gasteiger partial charge in [0.1, 0.15) is 6.04 Å². The van der Waals surface area contributed by atoms with Crippen LogP contribution in [0.4, 0.5) is 16.2 Å². The number of nitrogens with zero attached hydrogens (tertiary/aromatic N) is 2. The van der Waals surface area contributed by atoms with E-state index in [2.05, 4.69) is 15.5 Å². The molecule has 2 atom stereocenters. The molecule has 166 valence electrons. The van der Waals surface area contributed by atoms with Crippen molar-refractivity contribution in [1.82, 2.24) is 10.2 Å². The minimum atomic E-state index is -1.07.